The van der Waals surface area contributed by atoms with Gasteiger partial charge in [-0.25, -0.2) is 4.39 Å². The maximum absolute atomic E-state index is 13.0. The Hall–Kier alpha value is -0.820. The van der Waals surface area contributed by atoms with Gasteiger partial charge in [0.1, 0.15) is 5.82 Å². The third kappa shape index (κ3) is 2.35. The second-order valence-electron chi connectivity index (χ2n) is 2.58. The molecule has 2 heteroatoms. The molecule has 64 valence electrons. The standard InChI is InChI=1S/C10H10ClF/c1-8-4-5-10(12)9(7-8)3-2-6-11/h2-5,7H,6H2,1H3/b3-2+. The zero-order valence-corrected chi connectivity index (χ0v) is 7.61. The van der Waals surface area contributed by atoms with Gasteiger partial charge in [0.15, 0.2) is 0 Å². The first-order chi connectivity index (χ1) is 5.74. The summed E-state index contributed by atoms with van der Waals surface area (Å²) in [5.74, 6) is 0.204. The van der Waals surface area contributed by atoms with Crippen LogP contribution in [0.4, 0.5) is 4.39 Å². The summed E-state index contributed by atoms with van der Waals surface area (Å²) in [6, 6.07) is 5.00. The minimum absolute atomic E-state index is 0.207. The summed E-state index contributed by atoms with van der Waals surface area (Å²) in [4.78, 5) is 0. The van der Waals surface area contributed by atoms with Gasteiger partial charge in [-0.1, -0.05) is 23.8 Å². The molecule has 1 aromatic carbocycles. The van der Waals surface area contributed by atoms with E-state index in [2.05, 4.69) is 0 Å². The molecule has 0 saturated carbocycles. The number of alkyl halides is 1. The lowest BCUT2D eigenvalue weighted by Gasteiger charge is -1.97. The number of halogens is 2. The Kier molecular flexibility index (Phi) is 3.30. The highest BCUT2D eigenvalue weighted by atomic mass is 35.5. The van der Waals surface area contributed by atoms with Crippen LogP contribution in [-0.2, 0) is 0 Å². The Morgan fingerprint density at radius 2 is 2.25 bits per heavy atom. The van der Waals surface area contributed by atoms with Gasteiger partial charge >= 0.3 is 0 Å². The van der Waals surface area contributed by atoms with Crippen LogP contribution in [0.25, 0.3) is 6.08 Å². The van der Waals surface area contributed by atoms with Gasteiger partial charge in [0.2, 0.25) is 0 Å². The van der Waals surface area contributed by atoms with Crippen molar-refractivity contribution in [1.82, 2.24) is 0 Å². The van der Waals surface area contributed by atoms with Crippen molar-refractivity contribution >= 4 is 17.7 Å². The van der Waals surface area contributed by atoms with Crippen molar-refractivity contribution in [3.8, 4) is 0 Å². The largest absolute Gasteiger partial charge is 0.206 e. The summed E-state index contributed by atoms with van der Waals surface area (Å²) in [6.45, 7) is 1.93. The van der Waals surface area contributed by atoms with Crippen LogP contribution >= 0.6 is 11.6 Å². The molecule has 1 aromatic rings. The molecule has 12 heavy (non-hydrogen) atoms. The van der Waals surface area contributed by atoms with Crippen molar-refractivity contribution < 1.29 is 4.39 Å². The molecule has 0 N–H and O–H groups in total. The van der Waals surface area contributed by atoms with E-state index in [1.54, 1.807) is 24.3 Å². The van der Waals surface area contributed by atoms with Gasteiger partial charge in [0, 0.05) is 11.4 Å². The molecule has 0 amide bonds. The predicted molar refractivity (Wildman–Crippen MR) is 50.9 cm³/mol. The van der Waals surface area contributed by atoms with Crippen LogP contribution in [0.5, 0.6) is 0 Å². The zero-order chi connectivity index (χ0) is 8.97. The van der Waals surface area contributed by atoms with Crippen LogP contribution in [-0.4, -0.2) is 5.88 Å². The van der Waals surface area contributed by atoms with E-state index in [0.29, 0.717) is 11.4 Å². The fraction of sp³-hybridized carbons (Fsp3) is 0.200. The molecule has 0 radical (unpaired) electrons. The minimum Gasteiger partial charge on any atom is -0.206 e. The Morgan fingerprint density at radius 1 is 1.50 bits per heavy atom. The molecule has 0 heterocycles. The molecule has 0 aromatic heterocycles. The summed E-state index contributed by atoms with van der Waals surface area (Å²) in [5, 5.41) is 0. The number of benzene rings is 1. The number of aryl methyl sites for hydroxylation is 1. The average Bonchev–Trinajstić information content (AvgIpc) is 2.07. The molecule has 1 rings (SSSR count). The first-order valence-corrected chi connectivity index (χ1v) is 4.26. The van der Waals surface area contributed by atoms with Crippen LogP contribution in [0.2, 0.25) is 0 Å². The van der Waals surface area contributed by atoms with Gasteiger partial charge in [0.25, 0.3) is 0 Å². The van der Waals surface area contributed by atoms with Gasteiger partial charge in [-0.05, 0) is 19.1 Å². The van der Waals surface area contributed by atoms with E-state index in [-0.39, 0.29) is 5.82 Å². The maximum atomic E-state index is 13.0. The highest BCUT2D eigenvalue weighted by molar-refractivity contribution is 6.19. The highest BCUT2D eigenvalue weighted by Crippen LogP contribution is 2.11. The molecular weight excluding hydrogens is 175 g/mol. The Morgan fingerprint density at radius 3 is 2.92 bits per heavy atom. The highest BCUT2D eigenvalue weighted by Gasteiger charge is 1.96. The molecule has 0 bridgehead atoms. The molecule has 0 aliphatic carbocycles. The van der Waals surface area contributed by atoms with Gasteiger partial charge in [0.05, 0.1) is 0 Å². The van der Waals surface area contributed by atoms with Crippen LogP contribution in [0.3, 0.4) is 0 Å². The normalized spacial score (nSPS) is 10.9. The number of hydrogen-bond donors (Lipinski definition) is 0. The smallest absolute Gasteiger partial charge is 0.130 e. The van der Waals surface area contributed by atoms with E-state index in [1.165, 1.54) is 6.07 Å². The van der Waals surface area contributed by atoms with Crippen molar-refractivity contribution in [2.45, 2.75) is 6.92 Å². The first kappa shape index (κ1) is 9.27. The first-order valence-electron chi connectivity index (χ1n) is 3.72. The van der Waals surface area contributed by atoms with Crippen molar-refractivity contribution in [3.05, 3.63) is 41.2 Å². The Labute approximate surface area is 76.7 Å². The van der Waals surface area contributed by atoms with E-state index in [1.807, 2.05) is 6.92 Å². The molecule has 0 nitrogen and oxygen atoms in total. The lowest BCUT2D eigenvalue weighted by molar-refractivity contribution is 0.624. The van der Waals surface area contributed by atoms with E-state index in [0.717, 1.165) is 5.56 Å². The van der Waals surface area contributed by atoms with Gasteiger partial charge in [-0.2, -0.15) is 0 Å². The van der Waals surface area contributed by atoms with E-state index in [9.17, 15) is 4.39 Å². The van der Waals surface area contributed by atoms with Gasteiger partial charge < -0.3 is 0 Å². The van der Waals surface area contributed by atoms with Crippen LogP contribution in [0.1, 0.15) is 11.1 Å². The monoisotopic (exact) mass is 184 g/mol. The van der Waals surface area contributed by atoms with E-state index >= 15 is 0 Å². The van der Waals surface area contributed by atoms with Crippen molar-refractivity contribution in [2.75, 3.05) is 5.88 Å². The third-order valence-corrected chi connectivity index (χ3v) is 1.72. The predicted octanol–water partition coefficient (Wildman–Crippen LogP) is 3.39. The maximum Gasteiger partial charge on any atom is 0.130 e. The van der Waals surface area contributed by atoms with Gasteiger partial charge in [-0.15, -0.1) is 11.6 Å². The van der Waals surface area contributed by atoms with Crippen LogP contribution < -0.4 is 0 Å². The summed E-state index contributed by atoms with van der Waals surface area (Å²) < 4.78 is 13.0. The molecule has 0 aliphatic heterocycles. The Balaban J connectivity index is 2.97. The second kappa shape index (κ2) is 4.27. The fourth-order valence-corrected chi connectivity index (χ4v) is 1.05. The number of allylic oxidation sites excluding steroid dienone is 1. The number of rotatable bonds is 2. The average molecular weight is 185 g/mol. The molecule has 0 atom stereocenters. The van der Waals surface area contributed by atoms with Gasteiger partial charge in [-0.3, -0.25) is 0 Å². The van der Waals surface area contributed by atoms with Crippen LogP contribution in [0.15, 0.2) is 24.3 Å². The van der Waals surface area contributed by atoms with Crippen molar-refractivity contribution in [1.29, 1.82) is 0 Å². The second-order valence-corrected chi connectivity index (χ2v) is 2.89. The molecule has 0 unspecified atom stereocenters. The quantitative estimate of drug-likeness (QED) is 0.619. The molecule has 0 spiro atoms. The molecule has 0 aliphatic rings. The zero-order valence-electron chi connectivity index (χ0n) is 6.85. The molecule has 0 fully saturated rings. The Bertz CT molecular complexity index is 292. The molecular formula is C10H10ClF. The summed E-state index contributed by atoms with van der Waals surface area (Å²) >= 11 is 5.43. The van der Waals surface area contributed by atoms with Crippen molar-refractivity contribution in [3.63, 3.8) is 0 Å². The SMILES string of the molecule is Cc1ccc(F)c(/C=C/CCl)c1. The lowest BCUT2D eigenvalue weighted by atomic mass is 10.1. The summed E-state index contributed by atoms with van der Waals surface area (Å²) in [6.07, 6.45) is 3.41. The van der Waals surface area contributed by atoms with Crippen LogP contribution in [0, 0.1) is 12.7 Å². The fourth-order valence-electron chi connectivity index (χ4n) is 0.962. The third-order valence-electron chi connectivity index (χ3n) is 1.54. The van der Waals surface area contributed by atoms with Crippen molar-refractivity contribution in [2.24, 2.45) is 0 Å². The van der Waals surface area contributed by atoms with E-state index < -0.39 is 0 Å². The number of hydrogen-bond acceptors (Lipinski definition) is 0. The summed E-state index contributed by atoms with van der Waals surface area (Å²) in [7, 11) is 0. The molecule has 0 saturated heterocycles. The minimum atomic E-state index is -0.207. The topological polar surface area (TPSA) is 0 Å². The summed E-state index contributed by atoms with van der Waals surface area (Å²) in [5.41, 5.74) is 1.64. The van der Waals surface area contributed by atoms with E-state index in [4.69, 9.17) is 11.6 Å². The lowest BCUT2D eigenvalue weighted by Crippen LogP contribution is -1.82.